The van der Waals surface area contributed by atoms with Crippen molar-refractivity contribution in [2.24, 2.45) is 11.8 Å². The molecule has 0 aromatic heterocycles. The normalized spacial score (nSPS) is 23.8. The van der Waals surface area contributed by atoms with E-state index < -0.39 is 47.5 Å². The predicted octanol–water partition coefficient (Wildman–Crippen LogP) is 4.74. The molecule has 2 saturated heterocycles. The Balaban J connectivity index is 1.24. The van der Waals surface area contributed by atoms with Gasteiger partial charge in [0, 0.05) is 5.56 Å². The number of ether oxygens (including phenoxy) is 3. The third-order valence-corrected chi connectivity index (χ3v) is 7.45. The highest BCUT2D eigenvalue weighted by atomic mass is 16.6. The highest BCUT2D eigenvalue weighted by molar-refractivity contribution is 6.06. The first-order chi connectivity index (χ1) is 18.9. The van der Waals surface area contributed by atoms with Gasteiger partial charge in [-0.15, -0.1) is 0 Å². The van der Waals surface area contributed by atoms with Gasteiger partial charge in [-0.1, -0.05) is 54.6 Å². The van der Waals surface area contributed by atoms with E-state index in [1.807, 2.05) is 30.3 Å². The Labute approximate surface area is 223 Å². The summed E-state index contributed by atoms with van der Waals surface area (Å²) in [5, 5.41) is 0. The van der Waals surface area contributed by atoms with Gasteiger partial charge in [-0.05, 0) is 59.4 Å². The van der Waals surface area contributed by atoms with Crippen molar-refractivity contribution in [3.05, 3.63) is 101 Å². The van der Waals surface area contributed by atoms with Crippen molar-refractivity contribution in [1.82, 2.24) is 0 Å². The lowest BCUT2D eigenvalue weighted by Crippen LogP contribution is -2.31. The second-order valence-electron chi connectivity index (χ2n) is 9.80. The molecule has 0 bridgehead atoms. The van der Waals surface area contributed by atoms with Crippen molar-refractivity contribution < 1.29 is 38.2 Å². The van der Waals surface area contributed by atoms with Gasteiger partial charge in [0.05, 0.1) is 24.2 Å². The van der Waals surface area contributed by atoms with Crippen LogP contribution in [0.4, 0.5) is 0 Å². The summed E-state index contributed by atoms with van der Waals surface area (Å²) in [4.78, 5) is 61.4. The number of esters is 4. The van der Waals surface area contributed by atoms with Gasteiger partial charge in [0.2, 0.25) is 0 Å². The Morgan fingerprint density at radius 3 is 2.18 bits per heavy atom. The summed E-state index contributed by atoms with van der Waals surface area (Å²) in [6.07, 6.45) is 3.38. The van der Waals surface area contributed by atoms with Crippen LogP contribution in [0.15, 0.2) is 78.9 Å². The van der Waals surface area contributed by atoms with Crippen LogP contribution in [0.1, 0.15) is 51.7 Å². The molecule has 3 aromatic carbocycles. The predicted molar refractivity (Wildman–Crippen MR) is 137 cm³/mol. The number of fused-ring (bicyclic) bond motifs is 3. The Kier molecular flexibility index (Phi) is 6.15. The molecule has 3 aliphatic rings. The van der Waals surface area contributed by atoms with E-state index in [1.165, 1.54) is 6.08 Å². The van der Waals surface area contributed by atoms with Gasteiger partial charge in [-0.3, -0.25) is 24.0 Å². The first kappa shape index (κ1) is 24.5. The second-order valence-corrected chi connectivity index (χ2v) is 9.80. The summed E-state index contributed by atoms with van der Waals surface area (Å²) in [7, 11) is 0. The number of hydrogen-bond donors (Lipinski definition) is 0. The first-order valence-corrected chi connectivity index (χ1v) is 12.6. The molecule has 4 atom stereocenters. The average molecular weight is 523 g/mol. The number of benzene rings is 3. The molecule has 0 saturated carbocycles. The summed E-state index contributed by atoms with van der Waals surface area (Å²) in [5.74, 6) is -4.32. The molecule has 194 valence electrons. The first-order valence-electron chi connectivity index (χ1n) is 12.6. The SMILES string of the molecule is O=C1CC(C2CC3C(=O)OC(=O)C3c3cc(Oc4ccc(/C=C/C(=O)c5ccccc5)cc4)ccc32)C(=O)O1. The quantitative estimate of drug-likeness (QED) is 0.198. The van der Waals surface area contributed by atoms with E-state index in [-0.39, 0.29) is 18.6 Å². The Morgan fingerprint density at radius 2 is 1.46 bits per heavy atom. The van der Waals surface area contributed by atoms with Gasteiger partial charge in [-0.2, -0.15) is 0 Å². The van der Waals surface area contributed by atoms with Gasteiger partial charge in [-0.25, -0.2) is 0 Å². The minimum atomic E-state index is -0.796. The minimum Gasteiger partial charge on any atom is -0.457 e. The molecule has 0 radical (unpaired) electrons. The van der Waals surface area contributed by atoms with Crippen LogP contribution in [0.3, 0.4) is 0 Å². The molecule has 0 spiro atoms. The third kappa shape index (κ3) is 4.65. The zero-order chi connectivity index (χ0) is 27.1. The summed E-state index contributed by atoms with van der Waals surface area (Å²) in [6.45, 7) is 0. The summed E-state index contributed by atoms with van der Waals surface area (Å²) < 4.78 is 15.7. The molecule has 4 unspecified atom stereocenters. The Hall–Kier alpha value is -4.85. The molecule has 39 heavy (non-hydrogen) atoms. The van der Waals surface area contributed by atoms with Gasteiger partial charge < -0.3 is 14.2 Å². The molecule has 8 heteroatoms. The van der Waals surface area contributed by atoms with Crippen LogP contribution in [0.25, 0.3) is 6.08 Å². The number of carbonyl (C=O) groups is 5. The minimum absolute atomic E-state index is 0.0701. The summed E-state index contributed by atoms with van der Waals surface area (Å²) in [6, 6.07) is 21.3. The van der Waals surface area contributed by atoms with Crippen LogP contribution in [0.2, 0.25) is 0 Å². The Bertz CT molecular complexity index is 1540. The number of ketones is 1. The van der Waals surface area contributed by atoms with Gasteiger partial charge in [0.1, 0.15) is 11.5 Å². The summed E-state index contributed by atoms with van der Waals surface area (Å²) >= 11 is 0. The van der Waals surface area contributed by atoms with Crippen LogP contribution in [-0.4, -0.2) is 29.7 Å². The van der Waals surface area contributed by atoms with Crippen molar-refractivity contribution in [3.63, 3.8) is 0 Å². The molecule has 0 N–H and O–H groups in total. The molecule has 6 rings (SSSR count). The average Bonchev–Trinajstić information content (AvgIpc) is 3.43. The fourth-order valence-electron chi connectivity index (χ4n) is 5.57. The van der Waals surface area contributed by atoms with E-state index in [0.29, 0.717) is 28.2 Å². The molecule has 8 nitrogen and oxygen atoms in total. The molecule has 1 aliphatic carbocycles. The highest BCUT2D eigenvalue weighted by Gasteiger charge is 2.53. The molecule has 0 amide bonds. The monoisotopic (exact) mass is 522 g/mol. The smallest absolute Gasteiger partial charge is 0.321 e. The van der Waals surface area contributed by atoms with Crippen LogP contribution in [-0.2, 0) is 28.7 Å². The largest absolute Gasteiger partial charge is 0.457 e. The number of hydrogen-bond acceptors (Lipinski definition) is 8. The molecule has 2 heterocycles. The zero-order valence-electron chi connectivity index (χ0n) is 20.6. The molecular weight excluding hydrogens is 500 g/mol. The fourth-order valence-corrected chi connectivity index (χ4v) is 5.57. The van der Waals surface area contributed by atoms with E-state index >= 15 is 0 Å². The lowest BCUT2D eigenvalue weighted by atomic mass is 9.67. The van der Waals surface area contributed by atoms with Crippen molar-refractivity contribution in [1.29, 1.82) is 0 Å². The standard InChI is InChI=1S/C31H22O8/c32-26(18-4-2-1-3-5-18)13-8-17-6-9-19(10-7-17)37-20-11-12-21-22(24-16-27(33)38-29(24)34)15-25-28(23(21)14-20)31(36)39-30(25)35/h1-14,22,24-25,28H,15-16H2/b13-8+. The van der Waals surface area contributed by atoms with Crippen molar-refractivity contribution in [2.45, 2.75) is 24.7 Å². The maximum Gasteiger partial charge on any atom is 0.321 e. The zero-order valence-corrected chi connectivity index (χ0v) is 20.6. The van der Waals surface area contributed by atoms with Crippen LogP contribution < -0.4 is 4.74 Å². The van der Waals surface area contributed by atoms with E-state index in [0.717, 1.165) is 5.56 Å². The van der Waals surface area contributed by atoms with Crippen LogP contribution >= 0.6 is 0 Å². The fraction of sp³-hybridized carbons (Fsp3) is 0.194. The maximum atomic E-state index is 12.6. The van der Waals surface area contributed by atoms with Gasteiger partial charge in [0.15, 0.2) is 5.78 Å². The van der Waals surface area contributed by atoms with Crippen molar-refractivity contribution >= 4 is 35.7 Å². The second kappa shape index (κ2) is 9.79. The number of allylic oxidation sites excluding steroid dienone is 1. The van der Waals surface area contributed by atoms with E-state index in [9.17, 15) is 24.0 Å². The number of carbonyl (C=O) groups excluding carboxylic acids is 5. The van der Waals surface area contributed by atoms with E-state index in [1.54, 1.807) is 48.5 Å². The topological polar surface area (TPSA) is 113 Å². The van der Waals surface area contributed by atoms with E-state index in [4.69, 9.17) is 14.2 Å². The van der Waals surface area contributed by atoms with Crippen LogP contribution in [0, 0.1) is 11.8 Å². The van der Waals surface area contributed by atoms with E-state index in [2.05, 4.69) is 0 Å². The summed E-state index contributed by atoms with van der Waals surface area (Å²) in [5.41, 5.74) is 2.68. The number of rotatable bonds is 6. The molecule has 2 aliphatic heterocycles. The Morgan fingerprint density at radius 1 is 0.744 bits per heavy atom. The lowest BCUT2D eigenvalue weighted by molar-refractivity contribution is -0.155. The molecule has 3 aromatic rings. The lowest BCUT2D eigenvalue weighted by Gasteiger charge is -2.33. The van der Waals surface area contributed by atoms with Gasteiger partial charge >= 0.3 is 23.9 Å². The highest BCUT2D eigenvalue weighted by Crippen LogP contribution is 2.51. The third-order valence-electron chi connectivity index (χ3n) is 7.45. The number of cyclic esters (lactones) is 4. The maximum absolute atomic E-state index is 12.6. The molecule has 2 fully saturated rings. The van der Waals surface area contributed by atoms with Crippen molar-refractivity contribution in [2.75, 3.05) is 0 Å². The van der Waals surface area contributed by atoms with Gasteiger partial charge in [0.25, 0.3) is 0 Å². The van der Waals surface area contributed by atoms with Crippen molar-refractivity contribution in [3.8, 4) is 11.5 Å². The van der Waals surface area contributed by atoms with Crippen LogP contribution in [0.5, 0.6) is 11.5 Å². The molecular formula is C31H22O8.